The second kappa shape index (κ2) is 10.0. The molecule has 0 aliphatic rings. The predicted octanol–water partition coefficient (Wildman–Crippen LogP) is 0.968. The number of methoxy groups -OCH3 is 2. The van der Waals surface area contributed by atoms with E-state index in [2.05, 4.69) is 31.1 Å². The summed E-state index contributed by atoms with van der Waals surface area (Å²) in [4.78, 5) is 2.34. The fraction of sp³-hybridized carbons (Fsp3) is 1.00. The maximum atomic E-state index is 5.15. The Morgan fingerprint density at radius 1 is 1.12 bits per heavy atom. The van der Waals surface area contributed by atoms with Gasteiger partial charge in [0.05, 0.1) is 6.61 Å². The van der Waals surface area contributed by atoms with Crippen LogP contribution in [0.25, 0.3) is 0 Å². The van der Waals surface area contributed by atoms with Gasteiger partial charge in [0, 0.05) is 39.5 Å². The zero-order valence-electron chi connectivity index (χ0n) is 11.5. The van der Waals surface area contributed by atoms with Crippen LogP contribution in [0.1, 0.15) is 20.3 Å². The number of rotatable bonds is 10. The molecule has 1 N–H and O–H groups in total. The molecule has 0 aliphatic carbocycles. The topological polar surface area (TPSA) is 33.7 Å². The van der Waals surface area contributed by atoms with Gasteiger partial charge in [-0.1, -0.05) is 0 Å². The average molecular weight is 232 g/mol. The zero-order valence-corrected chi connectivity index (χ0v) is 11.5. The first kappa shape index (κ1) is 15.8. The van der Waals surface area contributed by atoms with Crippen LogP contribution in [0.4, 0.5) is 0 Å². The van der Waals surface area contributed by atoms with E-state index in [4.69, 9.17) is 9.47 Å². The van der Waals surface area contributed by atoms with E-state index in [1.165, 1.54) is 0 Å². The second-order valence-corrected chi connectivity index (χ2v) is 4.37. The molecule has 98 valence electrons. The summed E-state index contributed by atoms with van der Waals surface area (Å²) in [6, 6.07) is 0.980. The van der Waals surface area contributed by atoms with Crippen molar-refractivity contribution in [1.82, 2.24) is 10.2 Å². The maximum absolute atomic E-state index is 5.15. The largest absolute Gasteiger partial charge is 0.385 e. The number of nitrogens with zero attached hydrogens (tertiary/aromatic N) is 1. The molecule has 0 aromatic carbocycles. The van der Waals surface area contributed by atoms with E-state index in [0.29, 0.717) is 12.1 Å². The van der Waals surface area contributed by atoms with Crippen molar-refractivity contribution in [1.29, 1.82) is 0 Å². The van der Waals surface area contributed by atoms with Crippen LogP contribution in [0.3, 0.4) is 0 Å². The second-order valence-electron chi connectivity index (χ2n) is 4.37. The Balaban J connectivity index is 3.58. The molecular weight excluding hydrogens is 204 g/mol. The van der Waals surface area contributed by atoms with Crippen molar-refractivity contribution in [2.75, 3.05) is 47.6 Å². The van der Waals surface area contributed by atoms with Crippen LogP contribution in [-0.2, 0) is 9.47 Å². The van der Waals surface area contributed by atoms with Crippen LogP contribution in [-0.4, -0.2) is 64.6 Å². The van der Waals surface area contributed by atoms with Crippen molar-refractivity contribution in [3.05, 3.63) is 0 Å². The standard InChI is InChI=1S/C12H28N2O2/c1-11(9-13-7-6-8-15-4)14(3)12(2)10-16-5/h11-13H,6-10H2,1-5H3. The third-order valence-electron chi connectivity index (χ3n) is 2.94. The lowest BCUT2D eigenvalue weighted by atomic mass is 10.2. The Bertz CT molecular complexity index is 156. The van der Waals surface area contributed by atoms with E-state index in [1.807, 2.05) is 0 Å². The summed E-state index contributed by atoms with van der Waals surface area (Å²) >= 11 is 0. The van der Waals surface area contributed by atoms with E-state index >= 15 is 0 Å². The molecule has 0 heterocycles. The van der Waals surface area contributed by atoms with Crippen LogP contribution in [0.2, 0.25) is 0 Å². The minimum atomic E-state index is 0.459. The Kier molecular flexibility index (Phi) is 9.92. The van der Waals surface area contributed by atoms with E-state index < -0.39 is 0 Å². The molecule has 0 fully saturated rings. The molecule has 0 saturated heterocycles. The Morgan fingerprint density at radius 3 is 2.38 bits per heavy atom. The minimum absolute atomic E-state index is 0.459. The highest BCUT2D eigenvalue weighted by molar-refractivity contribution is 4.71. The van der Waals surface area contributed by atoms with Crippen LogP contribution >= 0.6 is 0 Å². The Hall–Kier alpha value is -0.160. The quantitative estimate of drug-likeness (QED) is 0.569. The van der Waals surface area contributed by atoms with E-state index in [-0.39, 0.29) is 0 Å². The highest BCUT2D eigenvalue weighted by atomic mass is 16.5. The van der Waals surface area contributed by atoms with Gasteiger partial charge in [-0.3, -0.25) is 4.90 Å². The number of nitrogens with one attached hydrogen (secondary N) is 1. The van der Waals surface area contributed by atoms with Crippen LogP contribution in [0, 0.1) is 0 Å². The smallest absolute Gasteiger partial charge is 0.0615 e. The summed E-state index contributed by atoms with van der Waals surface area (Å²) < 4.78 is 10.2. The van der Waals surface area contributed by atoms with Crippen molar-refractivity contribution in [3.63, 3.8) is 0 Å². The molecule has 0 bridgehead atoms. The van der Waals surface area contributed by atoms with Crippen LogP contribution in [0.5, 0.6) is 0 Å². The first-order valence-electron chi connectivity index (χ1n) is 6.04. The number of ether oxygens (including phenoxy) is 2. The molecule has 0 aromatic heterocycles. The van der Waals surface area contributed by atoms with Crippen molar-refractivity contribution in [2.24, 2.45) is 0 Å². The molecule has 16 heavy (non-hydrogen) atoms. The van der Waals surface area contributed by atoms with Gasteiger partial charge in [-0.15, -0.1) is 0 Å². The van der Waals surface area contributed by atoms with Gasteiger partial charge in [-0.2, -0.15) is 0 Å². The molecule has 2 atom stereocenters. The lowest BCUT2D eigenvalue weighted by molar-refractivity contribution is 0.0933. The van der Waals surface area contributed by atoms with Crippen LogP contribution < -0.4 is 5.32 Å². The summed E-state index contributed by atoms with van der Waals surface area (Å²) in [5, 5.41) is 3.44. The van der Waals surface area contributed by atoms with Crippen molar-refractivity contribution in [3.8, 4) is 0 Å². The van der Waals surface area contributed by atoms with Gasteiger partial charge >= 0.3 is 0 Å². The fourth-order valence-corrected chi connectivity index (χ4v) is 1.59. The summed E-state index contributed by atoms with van der Waals surface area (Å²) in [5.74, 6) is 0. The first-order valence-corrected chi connectivity index (χ1v) is 6.04. The normalized spacial score (nSPS) is 15.4. The van der Waals surface area contributed by atoms with Crippen LogP contribution in [0.15, 0.2) is 0 Å². The lowest BCUT2D eigenvalue weighted by Crippen LogP contribution is -2.44. The van der Waals surface area contributed by atoms with E-state index in [9.17, 15) is 0 Å². The van der Waals surface area contributed by atoms with E-state index in [1.54, 1.807) is 14.2 Å². The highest BCUT2D eigenvalue weighted by Gasteiger charge is 2.14. The number of likely N-dealkylation sites (N-methyl/N-ethyl adjacent to an activating group) is 1. The molecular formula is C12H28N2O2. The van der Waals surface area contributed by atoms with Gasteiger partial charge in [0.25, 0.3) is 0 Å². The molecule has 4 heteroatoms. The molecule has 0 aliphatic heterocycles. The third kappa shape index (κ3) is 7.17. The SMILES string of the molecule is COCCCNCC(C)N(C)C(C)COC. The maximum Gasteiger partial charge on any atom is 0.0615 e. The first-order chi connectivity index (χ1) is 7.63. The molecule has 0 radical (unpaired) electrons. The monoisotopic (exact) mass is 232 g/mol. The highest BCUT2D eigenvalue weighted by Crippen LogP contribution is 2.01. The van der Waals surface area contributed by atoms with Gasteiger partial charge in [-0.05, 0) is 33.9 Å². The average Bonchev–Trinajstić information content (AvgIpc) is 2.27. The van der Waals surface area contributed by atoms with E-state index in [0.717, 1.165) is 32.7 Å². The number of hydrogen-bond acceptors (Lipinski definition) is 4. The summed E-state index contributed by atoms with van der Waals surface area (Å²) in [5.41, 5.74) is 0. The van der Waals surface area contributed by atoms with Gasteiger partial charge in [-0.25, -0.2) is 0 Å². The summed E-state index contributed by atoms with van der Waals surface area (Å²) in [6.45, 7) is 8.06. The summed E-state index contributed by atoms with van der Waals surface area (Å²) in [6.07, 6.45) is 1.07. The Morgan fingerprint density at radius 2 is 1.81 bits per heavy atom. The zero-order chi connectivity index (χ0) is 12.4. The third-order valence-corrected chi connectivity index (χ3v) is 2.94. The minimum Gasteiger partial charge on any atom is -0.385 e. The van der Waals surface area contributed by atoms with Gasteiger partial charge in [0.2, 0.25) is 0 Å². The molecule has 0 spiro atoms. The van der Waals surface area contributed by atoms with Crippen molar-refractivity contribution < 1.29 is 9.47 Å². The number of hydrogen-bond donors (Lipinski definition) is 1. The fourth-order valence-electron chi connectivity index (χ4n) is 1.59. The van der Waals surface area contributed by atoms with Gasteiger partial charge < -0.3 is 14.8 Å². The molecule has 4 nitrogen and oxygen atoms in total. The van der Waals surface area contributed by atoms with Crippen molar-refractivity contribution in [2.45, 2.75) is 32.4 Å². The molecule has 0 rings (SSSR count). The van der Waals surface area contributed by atoms with Crippen molar-refractivity contribution >= 4 is 0 Å². The van der Waals surface area contributed by atoms with Gasteiger partial charge in [0.15, 0.2) is 0 Å². The Labute approximate surface area is 100 Å². The van der Waals surface area contributed by atoms with Gasteiger partial charge in [0.1, 0.15) is 0 Å². The molecule has 0 saturated carbocycles. The molecule has 0 amide bonds. The molecule has 2 unspecified atom stereocenters. The molecule has 0 aromatic rings. The lowest BCUT2D eigenvalue weighted by Gasteiger charge is -2.30. The predicted molar refractivity (Wildman–Crippen MR) is 67.9 cm³/mol. The summed E-state index contributed by atoms with van der Waals surface area (Å²) in [7, 11) is 5.63.